The molecule has 0 aliphatic rings. The molecule has 96 valence electrons. The fraction of sp³-hybridized carbons (Fsp3) is 0.636. The molecule has 0 aromatic carbocycles. The average Bonchev–Trinajstić information content (AvgIpc) is 2.28. The molecule has 6 heteroatoms. The molecule has 0 amide bonds. The Bertz CT molecular complexity index is 397. The van der Waals surface area contributed by atoms with E-state index in [0.717, 1.165) is 0 Å². The van der Waals surface area contributed by atoms with Gasteiger partial charge in [0.2, 0.25) is 0 Å². The van der Waals surface area contributed by atoms with E-state index in [0.29, 0.717) is 24.7 Å². The minimum absolute atomic E-state index is 0.0501. The first-order valence-electron chi connectivity index (χ1n) is 5.66. The number of rotatable bonds is 6. The number of nitrogens with zero attached hydrogens (tertiary/aromatic N) is 2. The van der Waals surface area contributed by atoms with E-state index < -0.39 is 0 Å². The van der Waals surface area contributed by atoms with Gasteiger partial charge in [0.05, 0.1) is 13.2 Å². The molecule has 0 unspecified atom stereocenters. The van der Waals surface area contributed by atoms with Crippen molar-refractivity contribution in [1.82, 2.24) is 9.97 Å². The lowest BCUT2D eigenvalue weighted by molar-refractivity contribution is 0.280. The normalized spacial score (nSPS) is 10.9. The summed E-state index contributed by atoms with van der Waals surface area (Å²) in [4.78, 5) is 20.1. The Morgan fingerprint density at radius 2 is 1.94 bits per heavy atom. The number of hydrogen-bond donors (Lipinski definition) is 3. The second kappa shape index (κ2) is 6.36. The highest BCUT2D eigenvalue weighted by Crippen LogP contribution is 2.12. The number of H-pyrrole nitrogens is 1. The molecule has 1 rings (SSSR count). The van der Waals surface area contributed by atoms with E-state index in [1.165, 1.54) is 6.07 Å². The molecule has 0 aliphatic carbocycles. The van der Waals surface area contributed by atoms with Crippen molar-refractivity contribution in [3.8, 4) is 0 Å². The van der Waals surface area contributed by atoms with Crippen LogP contribution in [0.4, 0.5) is 5.82 Å². The van der Waals surface area contributed by atoms with Crippen LogP contribution in [0.1, 0.15) is 25.6 Å². The van der Waals surface area contributed by atoms with Crippen molar-refractivity contribution in [2.75, 3.05) is 31.2 Å². The molecule has 1 heterocycles. The predicted octanol–water partition coefficient (Wildman–Crippen LogP) is -0.316. The van der Waals surface area contributed by atoms with Crippen LogP contribution in [0.2, 0.25) is 0 Å². The van der Waals surface area contributed by atoms with Gasteiger partial charge in [-0.3, -0.25) is 4.79 Å². The van der Waals surface area contributed by atoms with Gasteiger partial charge in [-0.15, -0.1) is 0 Å². The second-order valence-electron chi connectivity index (χ2n) is 4.08. The van der Waals surface area contributed by atoms with Crippen LogP contribution < -0.4 is 10.5 Å². The van der Waals surface area contributed by atoms with Gasteiger partial charge in [-0.05, 0) is 0 Å². The minimum atomic E-state index is -0.223. The molecule has 0 fully saturated rings. The number of aliphatic hydroxyl groups excluding tert-OH is 2. The molecule has 0 aliphatic heterocycles. The van der Waals surface area contributed by atoms with Crippen molar-refractivity contribution >= 4 is 5.82 Å². The lowest BCUT2D eigenvalue weighted by atomic mass is 10.2. The molecular weight excluding hydrogens is 222 g/mol. The van der Waals surface area contributed by atoms with E-state index in [-0.39, 0.29) is 24.7 Å². The molecule has 0 bridgehead atoms. The van der Waals surface area contributed by atoms with Crippen molar-refractivity contribution in [3.05, 3.63) is 22.2 Å². The van der Waals surface area contributed by atoms with Crippen molar-refractivity contribution in [3.63, 3.8) is 0 Å². The topological polar surface area (TPSA) is 89.4 Å². The van der Waals surface area contributed by atoms with Crippen molar-refractivity contribution in [2.24, 2.45) is 0 Å². The van der Waals surface area contributed by atoms with Crippen LogP contribution in [0, 0.1) is 0 Å². The van der Waals surface area contributed by atoms with E-state index in [1.807, 2.05) is 13.8 Å². The molecule has 3 N–H and O–H groups in total. The van der Waals surface area contributed by atoms with E-state index >= 15 is 0 Å². The number of aromatic amines is 1. The molecular formula is C11H19N3O3. The van der Waals surface area contributed by atoms with Crippen LogP contribution in [0.25, 0.3) is 0 Å². The fourth-order valence-electron chi connectivity index (χ4n) is 1.48. The molecule has 17 heavy (non-hydrogen) atoms. The maximum absolute atomic E-state index is 11.5. The standard InChI is InChI=1S/C11H19N3O3/c1-8(2)11-12-9(7-10(17)13-11)14(3-5-15)4-6-16/h7-8,15-16H,3-6H2,1-2H3,(H,12,13,17). The highest BCUT2D eigenvalue weighted by atomic mass is 16.3. The number of aromatic nitrogens is 2. The summed E-state index contributed by atoms with van der Waals surface area (Å²) < 4.78 is 0. The van der Waals surface area contributed by atoms with Gasteiger partial charge < -0.3 is 20.1 Å². The van der Waals surface area contributed by atoms with Gasteiger partial charge >= 0.3 is 0 Å². The molecule has 0 saturated carbocycles. The van der Waals surface area contributed by atoms with Gasteiger partial charge in [0, 0.05) is 25.1 Å². The van der Waals surface area contributed by atoms with E-state index in [9.17, 15) is 4.79 Å². The van der Waals surface area contributed by atoms with Crippen LogP contribution in [-0.2, 0) is 0 Å². The van der Waals surface area contributed by atoms with E-state index in [1.54, 1.807) is 4.90 Å². The molecule has 0 spiro atoms. The third-order valence-electron chi connectivity index (χ3n) is 2.36. The van der Waals surface area contributed by atoms with E-state index in [4.69, 9.17) is 10.2 Å². The largest absolute Gasteiger partial charge is 0.395 e. The Hall–Kier alpha value is -1.40. The van der Waals surface area contributed by atoms with Crippen LogP contribution in [-0.4, -0.2) is 46.5 Å². The zero-order chi connectivity index (χ0) is 12.8. The third kappa shape index (κ3) is 3.83. The first kappa shape index (κ1) is 13.7. The summed E-state index contributed by atoms with van der Waals surface area (Å²) in [6, 6.07) is 1.37. The van der Waals surface area contributed by atoms with Gasteiger partial charge in [0.25, 0.3) is 5.56 Å². The van der Waals surface area contributed by atoms with E-state index in [2.05, 4.69) is 9.97 Å². The van der Waals surface area contributed by atoms with Crippen LogP contribution in [0.3, 0.4) is 0 Å². The molecule has 0 saturated heterocycles. The van der Waals surface area contributed by atoms with Gasteiger partial charge in [0.1, 0.15) is 11.6 Å². The van der Waals surface area contributed by atoms with Crippen molar-refractivity contribution in [1.29, 1.82) is 0 Å². The van der Waals surface area contributed by atoms with Gasteiger partial charge in [-0.25, -0.2) is 4.98 Å². The highest BCUT2D eigenvalue weighted by Gasteiger charge is 2.11. The molecule has 6 nitrogen and oxygen atoms in total. The predicted molar refractivity (Wildman–Crippen MR) is 65.3 cm³/mol. The lowest BCUT2D eigenvalue weighted by Crippen LogP contribution is -2.32. The Morgan fingerprint density at radius 3 is 2.41 bits per heavy atom. The fourth-order valence-corrected chi connectivity index (χ4v) is 1.48. The maximum atomic E-state index is 11.5. The van der Waals surface area contributed by atoms with Gasteiger partial charge in [-0.1, -0.05) is 13.8 Å². The number of aliphatic hydroxyl groups is 2. The quantitative estimate of drug-likeness (QED) is 0.635. The van der Waals surface area contributed by atoms with Crippen LogP contribution in [0.5, 0.6) is 0 Å². The molecule has 1 aromatic heterocycles. The average molecular weight is 241 g/mol. The Kier molecular flexibility index (Phi) is 5.11. The van der Waals surface area contributed by atoms with Crippen molar-refractivity contribution in [2.45, 2.75) is 19.8 Å². The summed E-state index contributed by atoms with van der Waals surface area (Å²) in [7, 11) is 0. The zero-order valence-corrected chi connectivity index (χ0v) is 10.2. The monoisotopic (exact) mass is 241 g/mol. The second-order valence-corrected chi connectivity index (χ2v) is 4.08. The van der Waals surface area contributed by atoms with Gasteiger partial charge in [0.15, 0.2) is 0 Å². The smallest absolute Gasteiger partial charge is 0.252 e. The van der Waals surface area contributed by atoms with Gasteiger partial charge in [-0.2, -0.15) is 0 Å². The molecule has 0 radical (unpaired) electrons. The first-order valence-corrected chi connectivity index (χ1v) is 5.66. The maximum Gasteiger partial charge on any atom is 0.252 e. The number of anilines is 1. The summed E-state index contributed by atoms with van der Waals surface area (Å²) >= 11 is 0. The van der Waals surface area contributed by atoms with Crippen LogP contribution in [0.15, 0.2) is 10.9 Å². The highest BCUT2D eigenvalue weighted by molar-refractivity contribution is 5.37. The first-order chi connectivity index (χ1) is 8.08. The SMILES string of the molecule is CC(C)c1nc(N(CCO)CCO)cc(=O)[nH]1. The summed E-state index contributed by atoms with van der Waals surface area (Å²) in [6.07, 6.45) is 0. The molecule has 0 atom stereocenters. The summed E-state index contributed by atoms with van der Waals surface area (Å²) in [5.74, 6) is 1.21. The Morgan fingerprint density at radius 1 is 1.35 bits per heavy atom. The minimum Gasteiger partial charge on any atom is -0.395 e. The number of nitrogens with one attached hydrogen (secondary N) is 1. The summed E-state index contributed by atoms with van der Waals surface area (Å²) in [5, 5.41) is 17.9. The Balaban J connectivity index is 3.05. The summed E-state index contributed by atoms with van der Waals surface area (Å²) in [5.41, 5.74) is -0.223. The number of hydrogen-bond acceptors (Lipinski definition) is 5. The molecule has 1 aromatic rings. The zero-order valence-electron chi connectivity index (χ0n) is 10.2. The van der Waals surface area contributed by atoms with Crippen LogP contribution >= 0.6 is 0 Å². The summed E-state index contributed by atoms with van der Waals surface area (Å²) in [6.45, 7) is 4.45. The Labute approximate surface area is 99.9 Å². The van der Waals surface area contributed by atoms with Crippen molar-refractivity contribution < 1.29 is 10.2 Å². The third-order valence-corrected chi connectivity index (χ3v) is 2.36. The lowest BCUT2D eigenvalue weighted by Gasteiger charge is -2.22.